The minimum atomic E-state index is 0.604. The number of nitrogens with one attached hydrogen (secondary N) is 1. The Morgan fingerprint density at radius 3 is 2.38 bits per heavy atom. The van der Waals surface area contributed by atoms with E-state index in [9.17, 15) is 0 Å². The third-order valence-electron chi connectivity index (χ3n) is 4.54. The first-order chi connectivity index (χ1) is 7.61. The standard InChI is InChI=1S/C14H27NS/c1-14(2)9-7-11(8-10-14)15-12-5-4-6-13(12)16-3/h11-13,15H,4-10H2,1-3H3. The van der Waals surface area contributed by atoms with E-state index in [1.165, 1.54) is 44.9 Å². The van der Waals surface area contributed by atoms with Crippen molar-refractivity contribution in [3.63, 3.8) is 0 Å². The Labute approximate surface area is 105 Å². The van der Waals surface area contributed by atoms with Gasteiger partial charge in [0.15, 0.2) is 0 Å². The molecule has 0 spiro atoms. The fraction of sp³-hybridized carbons (Fsp3) is 1.00. The van der Waals surface area contributed by atoms with Crippen LogP contribution in [0.1, 0.15) is 58.8 Å². The van der Waals surface area contributed by atoms with Crippen LogP contribution in [0.4, 0.5) is 0 Å². The minimum absolute atomic E-state index is 0.604. The molecule has 0 aromatic rings. The second-order valence-electron chi connectivity index (χ2n) is 6.42. The van der Waals surface area contributed by atoms with Crippen LogP contribution < -0.4 is 5.32 Å². The van der Waals surface area contributed by atoms with Gasteiger partial charge in [0.1, 0.15) is 0 Å². The van der Waals surface area contributed by atoms with Gasteiger partial charge >= 0.3 is 0 Å². The lowest BCUT2D eigenvalue weighted by Gasteiger charge is -2.36. The monoisotopic (exact) mass is 241 g/mol. The van der Waals surface area contributed by atoms with Crippen molar-refractivity contribution in [2.75, 3.05) is 6.26 Å². The Kier molecular flexibility index (Phi) is 4.23. The summed E-state index contributed by atoms with van der Waals surface area (Å²) in [4.78, 5) is 0. The highest BCUT2D eigenvalue weighted by molar-refractivity contribution is 7.99. The maximum atomic E-state index is 3.94. The Bertz CT molecular complexity index is 217. The average Bonchev–Trinajstić information content (AvgIpc) is 2.68. The molecule has 2 aliphatic rings. The Morgan fingerprint density at radius 2 is 1.75 bits per heavy atom. The minimum Gasteiger partial charge on any atom is -0.310 e. The summed E-state index contributed by atoms with van der Waals surface area (Å²) in [5.74, 6) is 0. The number of rotatable bonds is 3. The van der Waals surface area contributed by atoms with Crippen LogP contribution in [0.25, 0.3) is 0 Å². The highest BCUT2D eigenvalue weighted by Crippen LogP contribution is 2.36. The maximum Gasteiger partial charge on any atom is 0.0198 e. The zero-order valence-corrected chi connectivity index (χ0v) is 11.9. The van der Waals surface area contributed by atoms with Gasteiger partial charge in [0.25, 0.3) is 0 Å². The van der Waals surface area contributed by atoms with Crippen LogP contribution in [0.2, 0.25) is 0 Å². The largest absolute Gasteiger partial charge is 0.310 e. The van der Waals surface area contributed by atoms with Gasteiger partial charge < -0.3 is 5.32 Å². The second-order valence-corrected chi connectivity index (χ2v) is 7.49. The summed E-state index contributed by atoms with van der Waals surface area (Å²) in [6.07, 6.45) is 12.1. The van der Waals surface area contributed by atoms with E-state index >= 15 is 0 Å². The smallest absolute Gasteiger partial charge is 0.0198 e. The van der Waals surface area contributed by atoms with Crippen LogP contribution in [0, 0.1) is 5.41 Å². The lowest BCUT2D eigenvalue weighted by atomic mass is 9.75. The van der Waals surface area contributed by atoms with Crippen LogP contribution in [0.15, 0.2) is 0 Å². The summed E-state index contributed by atoms with van der Waals surface area (Å²) in [6.45, 7) is 4.84. The van der Waals surface area contributed by atoms with E-state index in [-0.39, 0.29) is 0 Å². The molecule has 94 valence electrons. The summed E-state index contributed by atoms with van der Waals surface area (Å²) in [5.41, 5.74) is 0.604. The van der Waals surface area contributed by atoms with E-state index < -0.39 is 0 Å². The fourth-order valence-electron chi connectivity index (χ4n) is 3.27. The molecule has 1 N–H and O–H groups in total. The lowest BCUT2D eigenvalue weighted by molar-refractivity contribution is 0.199. The molecule has 0 aliphatic heterocycles. The van der Waals surface area contributed by atoms with Gasteiger partial charge in [-0.1, -0.05) is 20.3 Å². The quantitative estimate of drug-likeness (QED) is 0.806. The molecular formula is C14H27NS. The molecule has 2 fully saturated rings. The molecule has 16 heavy (non-hydrogen) atoms. The van der Waals surface area contributed by atoms with Gasteiger partial charge in [-0.3, -0.25) is 0 Å². The molecule has 1 nitrogen and oxygen atoms in total. The highest BCUT2D eigenvalue weighted by atomic mass is 32.2. The second kappa shape index (κ2) is 5.30. The van der Waals surface area contributed by atoms with Crippen molar-refractivity contribution in [3.8, 4) is 0 Å². The molecule has 0 heterocycles. The van der Waals surface area contributed by atoms with Crippen molar-refractivity contribution >= 4 is 11.8 Å². The normalized spacial score (nSPS) is 35.4. The molecule has 2 atom stereocenters. The van der Waals surface area contributed by atoms with E-state index in [1.807, 2.05) is 0 Å². The Balaban J connectivity index is 1.78. The first-order valence-electron chi connectivity index (χ1n) is 6.89. The van der Waals surface area contributed by atoms with Crippen LogP contribution in [0.3, 0.4) is 0 Å². The summed E-state index contributed by atoms with van der Waals surface area (Å²) in [5, 5.41) is 4.82. The SMILES string of the molecule is CSC1CCCC1NC1CCC(C)(C)CC1. The predicted octanol–water partition coefficient (Wildman–Crippen LogP) is 3.83. The molecule has 2 heteroatoms. The van der Waals surface area contributed by atoms with Crippen LogP contribution in [-0.4, -0.2) is 23.6 Å². The van der Waals surface area contributed by atoms with Gasteiger partial charge in [0.05, 0.1) is 0 Å². The molecule has 0 aromatic carbocycles. The zero-order valence-electron chi connectivity index (χ0n) is 11.1. The van der Waals surface area contributed by atoms with E-state index in [0.29, 0.717) is 5.41 Å². The molecule has 2 saturated carbocycles. The van der Waals surface area contributed by atoms with Crippen LogP contribution >= 0.6 is 11.8 Å². The average molecular weight is 241 g/mol. The van der Waals surface area contributed by atoms with E-state index in [0.717, 1.165) is 17.3 Å². The molecule has 0 amide bonds. The van der Waals surface area contributed by atoms with Crippen molar-refractivity contribution in [1.29, 1.82) is 0 Å². The molecule has 0 radical (unpaired) electrons. The zero-order chi connectivity index (χ0) is 11.6. The molecule has 2 rings (SSSR count). The van der Waals surface area contributed by atoms with Gasteiger partial charge in [-0.2, -0.15) is 11.8 Å². The molecule has 0 saturated heterocycles. The fourth-order valence-corrected chi connectivity index (χ4v) is 4.21. The molecule has 2 unspecified atom stereocenters. The summed E-state index contributed by atoms with van der Waals surface area (Å²) in [7, 11) is 0. The topological polar surface area (TPSA) is 12.0 Å². The first-order valence-corrected chi connectivity index (χ1v) is 8.18. The highest BCUT2D eigenvalue weighted by Gasteiger charge is 2.31. The third-order valence-corrected chi connectivity index (χ3v) is 5.71. The number of hydrogen-bond donors (Lipinski definition) is 1. The van der Waals surface area contributed by atoms with E-state index in [2.05, 4.69) is 37.2 Å². The van der Waals surface area contributed by atoms with Crippen molar-refractivity contribution < 1.29 is 0 Å². The molecule has 2 aliphatic carbocycles. The summed E-state index contributed by atoms with van der Waals surface area (Å²) < 4.78 is 0. The lowest BCUT2D eigenvalue weighted by Crippen LogP contribution is -2.44. The van der Waals surface area contributed by atoms with Crippen molar-refractivity contribution in [3.05, 3.63) is 0 Å². The van der Waals surface area contributed by atoms with Crippen LogP contribution in [-0.2, 0) is 0 Å². The van der Waals surface area contributed by atoms with Crippen molar-refractivity contribution in [2.24, 2.45) is 5.41 Å². The number of hydrogen-bond acceptors (Lipinski definition) is 2. The van der Waals surface area contributed by atoms with Gasteiger partial charge in [-0.05, 0) is 50.2 Å². The molecular weight excluding hydrogens is 214 g/mol. The van der Waals surface area contributed by atoms with Gasteiger partial charge in [0.2, 0.25) is 0 Å². The van der Waals surface area contributed by atoms with Crippen molar-refractivity contribution in [2.45, 2.75) is 76.1 Å². The summed E-state index contributed by atoms with van der Waals surface area (Å²) >= 11 is 2.07. The van der Waals surface area contributed by atoms with Gasteiger partial charge in [-0.25, -0.2) is 0 Å². The third kappa shape index (κ3) is 3.16. The van der Waals surface area contributed by atoms with Gasteiger partial charge in [-0.15, -0.1) is 0 Å². The molecule has 0 bridgehead atoms. The Morgan fingerprint density at radius 1 is 1.06 bits per heavy atom. The van der Waals surface area contributed by atoms with E-state index in [4.69, 9.17) is 0 Å². The number of thioether (sulfide) groups is 1. The molecule has 0 aromatic heterocycles. The first kappa shape index (κ1) is 12.8. The summed E-state index contributed by atoms with van der Waals surface area (Å²) in [6, 6.07) is 1.62. The van der Waals surface area contributed by atoms with Gasteiger partial charge in [0, 0.05) is 17.3 Å². The van der Waals surface area contributed by atoms with Crippen molar-refractivity contribution in [1.82, 2.24) is 5.32 Å². The maximum absolute atomic E-state index is 3.94. The van der Waals surface area contributed by atoms with E-state index in [1.54, 1.807) is 0 Å². The Hall–Kier alpha value is 0.310. The van der Waals surface area contributed by atoms with Crippen LogP contribution in [0.5, 0.6) is 0 Å². The predicted molar refractivity (Wildman–Crippen MR) is 74.1 cm³/mol.